The van der Waals surface area contributed by atoms with Crippen LogP contribution in [0.2, 0.25) is 0 Å². The van der Waals surface area contributed by atoms with Gasteiger partial charge in [0.2, 0.25) is 5.91 Å². The van der Waals surface area contributed by atoms with E-state index in [1.165, 1.54) is 6.07 Å². The number of aliphatic carboxylic acids is 1. The number of fused-ring (bicyclic) bond motifs is 2. The molecule has 0 aromatic heterocycles. The van der Waals surface area contributed by atoms with Crippen molar-refractivity contribution in [3.8, 4) is 0 Å². The predicted octanol–water partition coefficient (Wildman–Crippen LogP) is 2.54. The Kier molecular flexibility index (Phi) is 3.89. The number of hydrogen-bond donors (Lipinski definition) is 2. The van der Waals surface area contributed by atoms with Gasteiger partial charge in [-0.25, -0.2) is 4.39 Å². The molecule has 1 aromatic rings. The topological polar surface area (TPSA) is 66.4 Å². The number of halogens is 1. The Morgan fingerprint density at radius 2 is 1.95 bits per heavy atom. The Balaban J connectivity index is 1.74. The van der Waals surface area contributed by atoms with E-state index in [0.717, 1.165) is 19.3 Å². The number of carboxylic acid groups (broad SMARTS) is 1. The molecule has 2 N–H and O–H groups in total. The molecular weight excluding hydrogens is 285 g/mol. The maximum atomic E-state index is 13.8. The first-order valence-corrected chi connectivity index (χ1v) is 7.76. The summed E-state index contributed by atoms with van der Waals surface area (Å²) in [5.41, 5.74) is 0.343. The average Bonchev–Trinajstić information content (AvgIpc) is 3.07. The summed E-state index contributed by atoms with van der Waals surface area (Å²) in [5, 5.41) is 12.3. The van der Waals surface area contributed by atoms with Crippen LogP contribution in [0.4, 0.5) is 4.39 Å². The lowest BCUT2D eigenvalue weighted by atomic mass is 9.84. The Hall–Kier alpha value is -1.91. The van der Waals surface area contributed by atoms with Gasteiger partial charge in [0.15, 0.2) is 0 Å². The van der Waals surface area contributed by atoms with Gasteiger partial charge in [-0.3, -0.25) is 9.59 Å². The standard InChI is InChI=1S/C17H20FNO3/c1-9(12-4-2-3-5-13(12)18)16(20)19-15-11-7-6-10(8-11)14(15)17(21)22/h2-5,9-11,14-15H,6-8H2,1H3,(H,19,20)(H,21,22)/t9-,10-,11-,14-,15-/m0/s1. The first-order valence-electron chi connectivity index (χ1n) is 7.76. The minimum Gasteiger partial charge on any atom is -0.481 e. The molecule has 2 saturated carbocycles. The van der Waals surface area contributed by atoms with Gasteiger partial charge in [-0.05, 0) is 49.7 Å². The lowest BCUT2D eigenvalue weighted by molar-refractivity contribution is -0.144. The normalized spacial score (nSPS) is 31.0. The van der Waals surface area contributed by atoms with Gasteiger partial charge >= 0.3 is 5.97 Å². The van der Waals surface area contributed by atoms with Crippen LogP contribution in [0.1, 0.15) is 37.7 Å². The fourth-order valence-electron chi connectivity index (χ4n) is 4.11. The molecule has 2 aliphatic rings. The van der Waals surface area contributed by atoms with Crippen LogP contribution < -0.4 is 5.32 Å². The molecule has 0 radical (unpaired) electrons. The van der Waals surface area contributed by atoms with Crippen molar-refractivity contribution in [2.75, 3.05) is 0 Å². The average molecular weight is 305 g/mol. The van der Waals surface area contributed by atoms with Crippen LogP contribution in [0, 0.1) is 23.6 Å². The van der Waals surface area contributed by atoms with E-state index in [2.05, 4.69) is 5.32 Å². The molecule has 0 heterocycles. The fourth-order valence-corrected chi connectivity index (χ4v) is 4.11. The van der Waals surface area contributed by atoms with Gasteiger partial charge in [0.05, 0.1) is 11.8 Å². The van der Waals surface area contributed by atoms with Crippen molar-refractivity contribution >= 4 is 11.9 Å². The number of carboxylic acids is 1. The molecule has 0 unspecified atom stereocenters. The number of hydrogen-bond acceptors (Lipinski definition) is 2. The highest BCUT2D eigenvalue weighted by molar-refractivity contribution is 5.84. The summed E-state index contributed by atoms with van der Waals surface area (Å²) in [6, 6.07) is 5.88. The zero-order valence-corrected chi connectivity index (χ0v) is 12.5. The SMILES string of the molecule is C[C@H](C(=O)N[C@H]1[C@H]2CC[C@@H](C2)[C@@H]1C(=O)O)c1ccccc1F. The number of nitrogens with one attached hydrogen (secondary N) is 1. The number of rotatable bonds is 4. The van der Waals surface area contributed by atoms with E-state index in [9.17, 15) is 19.1 Å². The molecule has 3 rings (SSSR count). The predicted molar refractivity (Wildman–Crippen MR) is 78.7 cm³/mol. The molecule has 4 nitrogen and oxygen atoms in total. The van der Waals surface area contributed by atoms with Gasteiger partial charge in [0.25, 0.3) is 0 Å². The second-order valence-corrected chi connectivity index (χ2v) is 6.47. The quantitative estimate of drug-likeness (QED) is 0.898. The molecule has 1 amide bonds. The molecule has 0 aliphatic heterocycles. The van der Waals surface area contributed by atoms with Gasteiger partial charge in [0, 0.05) is 6.04 Å². The Bertz CT molecular complexity index is 603. The summed E-state index contributed by atoms with van der Waals surface area (Å²) in [7, 11) is 0. The molecule has 5 heteroatoms. The van der Waals surface area contributed by atoms with Gasteiger partial charge in [-0.2, -0.15) is 0 Å². The highest BCUT2D eigenvalue weighted by Gasteiger charge is 2.51. The van der Waals surface area contributed by atoms with Crippen molar-refractivity contribution in [3.05, 3.63) is 35.6 Å². The van der Waals surface area contributed by atoms with E-state index in [-0.39, 0.29) is 23.8 Å². The van der Waals surface area contributed by atoms with Crippen molar-refractivity contribution in [2.24, 2.45) is 17.8 Å². The molecule has 22 heavy (non-hydrogen) atoms. The third-order valence-corrected chi connectivity index (χ3v) is 5.28. The van der Waals surface area contributed by atoms with Crippen LogP contribution in [-0.4, -0.2) is 23.0 Å². The van der Waals surface area contributed by atoms with Crippen LogP contribution in [0.15, 0.2) is 24.3 Å². The van der Waals surface area contributed by atoms with E-state index in [4.69, 9.17) is 0 Å². The smallest absolute Gasteiger partial charge is 0.308 e. The van der Waals surface area contributed by atoms with E-state index >= 15 is 0 Å². The van der Waals surface area contributed by atoms with Gasteiger partial charge < -0.3 is 10.4 Å². The van der Waals surface area contributed by atoms with Gasteiger partial charge in [-0.15, -0.1) is 0 Å². The highest BCUT2D eigenvalue weighted by atomic mass is 19.1. The molecule has 118 valence electrons. The van der Waals surface area contributed by atoms with Crippen molar-refractivity contribution in [2.45, 2.75) is 38.1 Å². The van der Waals surface area contributed by atoms with E-state index in [1.807, 2.05) is 0 Å². The molecule has 5 atom stereocenters. The molecule has 0 spiro atoms. The summed E-state index contributed by atoms with van der Waals surface area (Å²) in [6.45, 7) is 1.65. The highest BCUT2D eigenvalue weighted by Crippen LogP contribution is 2.48. The van der Waals surface area contributed by atoms with Crippen LogP contribution in [-0.2, 0) is 9.59 Å². The lowest BCUT2D eigenvalue weighted by Crippen LogP contribution is -2.48. The maximum Gasteiger partial charge on any atom is 0.308 e. The van der Waals surface area contributed by atoms with Gasteiger partial charge in [0.1, 0.15) is 5.82 Å². The fraction of sp³-hybridized carbons (Fsp3) is 0.529. The van der Waals surface area contributed by atoms with E-state index in [0.29, 0.717) is 5.56 Å². The maximum absolute atomic E-state index is 13.8. The molecule has 0 saturated heterocycles. The number of carbonyl (C=O) groups is 2. The summed E-state index contributed by atoms with van der Waals surface area (Å²) in [5.74, 6) is -2.28. The van der Waals surface area contributed by atoms with Crippen molar-refractivity contribution in [1.82, 2.24) is 5.32 Å². The minimum atomic E-state index is -0.837. The summed E-state index contributed by atoms with van der Waals surface area (Å²) in [4.78, 5) is 23.9. The third kappa shape index (κ3) is 2.49. The first-order chi connectivity index (χ1) is 10.5. The van der Waals surface area contributed by atoms with Crippen LogP contribution in [0.25, 0.3) is 0 Å². The first kappa shape index (κ1) is 15.0. The number of benzene rings is 1. The molecular formula is C17H20FNO3. The van der Waals surface area contributed by atoms with E-state index < -0.39 is 23.6 Å². The number of carbonyl (C=O) groups excluding carboxylic acids is 1. The minimum absolute atomic E-state index is 0.163. The van der Waals surface area contributed by atoms with Crippen molar-refractivity contribution < 1.29 is 19.1 Å². The summed E-state index contributed by atoms with van der Waals surface area (Å²) >= 11 is 0. The zero-order valence-electron chi connectivity index (χ0n) is 12.5. The summed E-state index contributed by atoms with van der Waals surface area (Å²) in [6.07, 6.45) is 2.76. The van der Waals surface area contributed by atoms with Crippen LogP contribution >= 0.6 is 0 Å². The van der Waals surface area contributed by atoms with E-state index in [1.54, 1.807) is 25.1 Å². The summed E-state index contributed by atoms with van der Waals surface area (Å²) < 4.78 is 13.8. The van der Waals surface area contributed by atoms with Crippen LogP contribution in [0.3, 0.4) is 0 Å². The zero-order chi connectivity index (χ0) is 15.9. The van der Waals surface area contributed by atoms with Crippen LogP contribution in [0.5, 0.6) is 0 Å². The second-order valence-electron chi connectivity index (χ2n) is 6.47. The molecule has 2 bridgehead atoms. The molecule has 1 aromatic carbocycles. The Morgan fingerprint density at radius 1 is 1.27 bits per heavy atom. The van der Waals surface area contributed by atoms with Crippen molar-refractivity contribution in [1.29, 1.82) is 0 Å². The third-order valence-electron chi connectivity index (χ3n) is 5.28. The Morgan fingerprint density at radius 3 is 2.64 bits per heavy atom. The van der Waals surface area contributed by atoms with Gasteiger partial charge in [-0.1, -0.05) is 18.2 Å². The molecule has 2 fully saturated rings. The lowest BCUT2D eigenvalue weighted by Gasteiger charge is -2.30. The van der Waals surface area contributed by atoms with Crippen molar-refractivity contribution in [3.63, 3.8) is 0 Å². The second kappa shape index (κ2) is 5.71. The number of amides is 1. The monoisotopic (exact) mass is 305 g/mol. The largest absolute Gasteiger partial charge is 0.481 e. The molecule has 2 aliphatic carbocycles. The Labute approximate surface area is 128 Å².